The summed E-state index contributed by atoms with van der Waals surface area (Å²) in [7, 11) is 0. The summed E-state index contributed by atoms with van der Waals surface area (Å²) in [5.41, 5.74) is 0. The molecular formula is C9H16F2N2O2. The second-order valence-corrected chi connectivity index (χ2v) is 3.41. The first-order chi connectivity index (χ1) is 7.20. The first kappa shape index (κ1) is 12.3. The van der Waals surface area contributed by atoms with Gasteiger partial charge in [0.25, 0.3) is 6.43 Å². The third-order valence-electron chi connectivity index (χ3n) is 2.17. The molecule has 1 aliphatic heterocycles. The molecule has 1 saturated heterocycles. The van der Waals surface area contributed by atoms with Crippen LogP contribution in [0.4, 0.5) is 8.78 Å². The summed E-state index contributed by atoms with van der Waals surface area (Å²) in [4.78, 5) is 11.4. The Balaban J connectivity index is 1.97. The molecule has 15 heavy (non-hydrogen) atoms. The molecule has 0 saturated carbocycles. The fourth-order valence-electron chi connectivity index (χ4n) is 1.45. The Hall–Kier alpha value is -0.750. The van der Waals surface area contributed by atoms with Crippen LogP contribution in [0.1, 0.15) is 12.8 Å². The number of ether oxygens (including phenoxy) is 1. The van der Waals surface area contributed by atoms with Crippen molar-refractivity contribution < 1.29 is 18.3 Å². The van der Waals surface area contributed by atoms with Gasteiger partial charge < -0.3 is 15.4 Å². The molecule has 0 radical (unpaired) electrons. The van der Waals surface area contributed by atoms with Gasteiger partial charge in [-0.3, -0.25) is 4.79 Å². The van der Waals surface area contributed by atoms with Gasteiger partial charge in [-0.2, -0.15) is 0 Å². The molecular weight excluding hydrogens is 206 g/mol. The Morgan fingerprint density at radius 2 is 2.40 bits per heavy atom. The number of alkyl halides is 2. The minimum absolute atomic E-state index is 0.0758. The largest absolute Gasteiger partial charge is 0.374 e. The first-order valence-corrected chi connectivity index (χ1v) is 5.07. The van der Waals surface area contributed by atoms with Gasteiger partial charge in [-0.1, -0.05) is 0 Å². The van der Waals surface area contributed by atoms with E-state index in [1.807, 2.05) is 0 Å². The highest BCUT2D eigenvalue weighted by molar-refractivity contribution is 5.81. The van der Waals surface area contributed by atoms with Crippen molar-refractivity contribution in [2.24, 2.45) is 0 Å². The second kappa shape index (κ2) is 6.68. The normalized spacial score (nSPS) is 20.9. The Morgan fingerprint density at radius 3 is 3.00 bits per heavy atom. The van der Waals surface area contributed by atoms with Gasteiger partial charge in [0.05, 0.1) is 12.6 Å². The molecule has 1 heterocycles. The molecule has 0 bridgehead atoms. The minimum atomic E-state index is -2.45. The molecule has 0 aliphatic carbocycles. The highest BCUT2D eigenvalue weighted by Gasteiger charge is 2.21. The van der Waals surface area contributed by atoms with Crippen LogP contribution in [0.2, 0.25) is 0 Å². The van der Waals surface area contributed by atoms with E-state index in [1.54, 1.807) is 0 Å². The van der Waals surface area contributed by atoms with E-state index < -0.39 is 13.0 Å². The lowest BCUT2D eigenvalue weighted by molar-refractivity contribution is -0.123. The van der Waals surface area contributed by atoms with E-state index in [1.165, 1.54) is 0 Å². The van der Waals surface area contributed by atoms with E-state index >= 15 is 0 Å². The van der Waals surface area contributed by atoms with Crippen molar-refractivity contribution in [1.82, 2.24) is 10.6 Å². The Morgan fingerprint density at radius 1 is 1.60 bits per heavy atom. The zero-order chi connectivity index (χ0) is 11.1. The lowest BCUT2D eigenvalue weighted by atomic mass is 10.2. The monoisotopic (exact) mass is 222 g/mol. The molecule has 1 amide bonds. The predicted octanol–water partition coefficient (Wildman–Crippen LogP) is 0.136. The maximum absolute atomic E-state index is 11.6. The number of nitrogens with one attached hydrogen (secondary N) is 2. The summed E-state index contributed by atoms with van der Waals surface area (Å²) < 4.78 is 27.9. The van der Waals surface area contributed by atoms with E-state index in [4.69, 9.17) is 0 Å². The predicted molar refractivity (Wildman–Crippen MR) is 50.9 cm³/mol. The molecule has 1 fully saturated rings. The average molecular weight is 222 g/mol. The van der Waals surface area contributed by atoms with Crippen molar-refractivity contribution in [2.45, 2.75) is 25.3 Å². The van der Waals surface area contributed by atoms with Gasteiger partial charge in [-0.25, -0.2) is 8.78 Å². The standard InChI is InChI=1S/C9H16F2N2O2/c10-8(11)6-15-5-4-13-9(14)7-2-1-3-12-7/h7-8,12H,1-6H2,(H,13,14)/t7-/m1/s1. The number of carbonyl (C=O) groups excluding carboxylic acids is 1. The number of rotatable bonds is 6. The van der Waals surface area contributed by atoms with Gasteiger partial charge >= 0.3 is 0 Å². The lowest BCUT2D eigenvalue weighted by Gasteiger charge is -2.10. The average Bonchev–Trinajstić information content (AvgIpc) is 2.69. The molecule has 6 heteroatoms. The van der Waals surface area contributed by atoms with Crippen LogP contribution in [-0.4, -0.2) is 44.7 Å². The van der Waals surface area contributed by atoms with Crippen LogP contribution in [0.3, 0.4) is 0 Å². The Labute approximate surface area is 87.4 Å². The van der Waals surface area contributed by atoms with Crippen molar-refractivity contribution in [2.75, 3.05) is 26.3 Å². The van der Waals surface area contributed by atoms with Crippen LogP contribution in [-0.2, 0) is 9.53 Å². The fraction of sp³-hybridized carbons (Fsp3) is 0.889. The quantitative estimate of drug-likeness (QED) is 0.628. The van der Waals surface area contributed by atoms with Crippen LogP contribution >= 0.6 is 0 Å². The first-order valence-electron chi connectivity index (χ1n) is 5.07. The summed E-state index contributed by atoms with van der Waals surface area (Å²) in [6.07, 6.45) is -0.610. The fourth-order valence-corrected chi connectivity index (χ4v) is 1.45. The van der Waals surface area contributed by atoms with Crippen LogP contribution in [0.25, 0.3) is 0 Å². The highest BCUT2D eigenvalue weighted by Crippen LogP contribution is 2.04. The zero-order valence-corrected chi connectivity index (χ0v) is 8.47. The van der Waals surface area contributed by atoms with Crippen molar-refractivity contribution in [3.63, 3.8) is 0 Å². The van der Waals surface area contributed by atoms with Gasteiger partial charge in [0, 0.05) is 6.54 Å². The molecule has 1 rings (SSSR count). The maximum atomic E-state index is 11.6. The van der Waals surface area contributed by atoms with Gasteiger partial charge in [0.2, 0.25) is 5.91 Å². The minimum Gasteiger partial charge on any atom is -0.374 e. The summed E-state index contributed by atoms with van der Waals surface area (Å²) in [6.45, 7) is 0.698. The summed E-state index contributed by atoms with van der Waals surface area (Å²) in [5.74, 6) is -0.0758. The molecule has 88 valence electrons. The van der Waals surface area contributed by atoms with E-state index in [9.17, 15) is 13.6 Å². The van der Waals surface area contributed by atoms with Gasteiger partial charge in [0.15, 0.2) is 0 Å². The second-order valence-electron chi connectivity index (χ2n) is 3.41. The summed E-state index contributed by atoms with van der Waals surface area (Å²) >= 11 is 0. The van der Waals surface area contributed by atoms with Crippen molar-refractivity contribution in [1.29, 1.82) is 0 Å². The van der Waals surface area contributed by atoms with E-state index in [-0.39, 0.29) is 25.1 Å². The van der Waals surface area contributed by atoms with Crippen molar-refractivity contribution in [3.8, 4) is 0 Å². The maximum Gasteiger partial charge on any atom is 0.261 e. The van der Waals surface area contributed by atoms with Crippen molar-refractivity contribution in [3.05, 3.63) is 0 Å². The molecule has 0 aromatic carbocycles. The van der Waals surface area contributed by atoms with Crippen molar-refractivity contribution >= 4 is 5.91 Å². The SMILES string of the molecule is O=C(NCCOCC(F)F)[C@H]1CCCN1. The molecule has 2 N–H and O–H groups in total. The van der Waals surface area contributed by atoms with E-state index in [0.717, 1.165) is 19.4 Å². The number of hydrogen-bond donors (Lipinski definition) is 2. The van der Waals surface area contributed by atoms with Gasteiger partial charge in [-0.15, -0.1) is 0 Å². The molecule has 0 aromatic heterocycles. The van der Waals surface area contributed by atoms with Gasteiger partial charge in [-0.05, 0) is 19.4 Å². The Bertz CT molecular complexity index is 197. The molecule has 1 aliphatic rings. The molecule has 4 nitrogen and oxygen atoms in total. The summed E-state index contributed by atoms with van der Waals surface area (Å²) in [5, 5.41) is 5.67. The molecule has 0 unspecified atom stereocenters. The van der Waals surface area contributed by atoms with Crippen LogP contribution in [0, 0.1) is 0 Å². The van der Waals surface area contributed by atoms with Crippen LogP contribution < -0.4 is 10.6 Å². The zero-order valence-electron chi connectivity index (χ0n) is 8.47. The Kier molecular flexibility index (Phi) is 5.49. The molecule has 0 spiro atoms. The third kappa shape index (κ3) is 5.03. The highest BCUT2D eigenvalue weighted by atomic mass is 19.3. The number of hydrogen-bond acceptors (Lipinski definition) is 3. The van der Waals surface area contributed by atoms with Crippen LogP contribution in [0.5, 0.6) is 0 Å². The number of halogens is 2. The summed E-state index contributed by atoms with van der Waals surface area (Å²) in [6, 6.07) is -0.125. The third-order valence-corrected chi connectivity index (χ3v) is 2.17. The molecule has 0 aromatic rings. The van der Waals surface area contributed by atoms with E-state index in [2.05, 4.69) is 15.4 Å². The van der Waals surface area contributed by atoms with E-state index in [0.29, 0.717) is 0 Å². The topological polar surface area (TPSA) is 50.4 Å². The van der Waals surface area contributed by atoms with Crippen LogP contribution in [0.15, 0.2) is 0 Å². The molecule has 1 atom stereocenters. The smallest absolute Gasteiger partial charge is 0.261 e. The number of amides is 1. The lowest BCUT2D eigenvalue weighted by Crippen LogP contribution is -2.41. The number of carbonyl (C=O) groups is 1. The van der Waals surface area contributed by atoms with Gasteiger partial charge in [0.1, 0.15) is 6.61 Å².